The molecule has 0 amide bonds. The number of pyridine rings is 1. The van der Waals surface area contributed by atoms with E-state index in [0.717, 1.165) is 50.5 Å². The predicted molar refractivity (Wildman–Crippen MR) is 114 cm³/mol. The summed E-state index contributed by atoms with van der Waals surface area (Å²) >= 11 is 0. The minimum Gasteiger partial charge on any atom is -0.458 e. The molecule has 1 fully saturated rings. The number of hydrogen-bond acceptors (Lipinski definition) is 6. The van der Waals surface area contributed by atoms with Crippen molar-refractivity contribution < 1.29 is 14.3 Å². The van der Waals surface area contributed by atoms with Crippen LogP contribution in [-0.4, -0.2) is 61.0 Å². The summed E-state index contributed by atoms with van der Waals surface area (Å²) in [6.07, 6.45) is 3.05. The molecule has 0 radical (unpaired) electrons. The van der Waals surface area contributed by atoms with E-state index in [0.29, 0.717) is 6.42 Å². The van der Waals surface area contributed by atoms with E-state index in [-0.39, 0.29) is 18.4 Å². The van der Waals surface area contributed by atoms with Crippen LogP contribution in [0.4, 0.5) is 5.82 Å². The molecule has 29 heavy (non-hydrogen) atoms. The summed E-state index contributed by atoms with van der Waals surface area (Å²) in [7, 11) is 0. The summed E-state index contributed by atoms with van der Waals surface area (Å²) in [4.78, 5) is 31.7. The number of benzene rings is 1. The van der Waals surface area contributed by atoms with Crippen molar-refractivity contribution in [2.24, 2.45) is 0 Å². The molecular weight excluding hydrogens is 366 g/mol. The normalized spacial score (nSPS) is 14.6. The van der Waals surface area contributed by atoms with Gasteiger partial charge in [-0.05, 0) is 44.5 Å². The van der Waals surface area contributed by atoms with Crippen LogP contribution in [0.3, 0.4) is 0 Å². The predicted octanol–water partition coefficient (Wildman–Crippen LogP) is 3.09. The third-order valence-electron chi connectivity index (χ3n) is 5.12. The van der Waals surface area contributed by atoms with Crippen LogP contribution in [0, 0.1) is 6.92 Å². The first-order valence-corrected chi connectivity index (χ1v) is 10.2. The number of nitrogens with zero attached hydrogens (tertiary/aromatic N) is 3. The average Bonchev–Trinajstić information content (AvgIpc) is 2.73. The number of aromatic nitrogens is 1. The largest absolute Gasteiger partial charge is 0.458 e. The van der Waals surface area contributed by atoms with Crippen LogP contribution in [0.1, 0.15) is 25.3 Å². The van der Waals surface area contributed by atoms with E-state index in [9.17, 15) is 9.59 Å². The van der Waals surface area contributed by atoms with Crippen molar-refractivity contribution in [1.82, 2.24) is 9.88 Å². The van der Waals surface area contributed by atoms with E-state index >= 15 is 0 Å². The lowest BCUT2D eigenvalue weighted by Gasteiger charge is -2.35. The number of anilines is 1. The molecule has 0 saturated carbocycles. The molecule has 154 valence electrons. The first kappa shape index (κ1) is 21.0. The zero-order valence-electron chi connectivity index (χ0n) is 17.3. The molecule has 0 unspecified atom stereocenters. The zero-order valence-corrected chi connectivity index (χ0v) is 17.3. The minimum atomic E-state index is -0.295. The Hall–Kier alpha value is -2.73. The number of carbonyl (C=O) groups excluding carboxylic acids is 2. The van der Waals surface area contributed by atoms with Gasteiger partial charge in [0.15, 0.2) is 5.78 Å². The van der Waals surface area contributed by atoms with Crippen molar-refractivity contribution in [2.45, 2.75) is 26.7 Å². The minimum absolute atomic E-state index is 0.118. The molecule has 6 nitrogen and oxygen atoms in total. The number of carbonyl (C=O) groups is 2. The molecule has 0 atom stereocenters. The zero-order chi connectivity index (χ0) is 20.6. The van der Waals surface area contributed by atoms with E-state index in [4.69, 9.17) is 4.74 Å². The maximum Gasteiger partial charge on any atom is 0.306 e. The van der Waals surface area contributed by atoms with Gasteiger partial charge in [-0.3, -0.25) is 14.5 Å². The Morgan fingerprint density at radius 3 is 2.31 bits per heavy atom. The van der Waals surface area contributed by atoms with Gasteiger partial charge in [0.25, 0.3) is 0 Å². The topological polar surface area (TPSA) is 62.7 Å². The Morgan fingerprint density at radius 2 is 1.69 bits per heavy atom. The monoisotopic (exact) mass is 395 g/mol. The lowest BCUT2D eigenvalue weighted by atomic mass is 10.1. The van der Waals surface area contributed by atoms with Crippen LogP contribution < -0.4 is 4.90 Å². The fraction of sp³-hybridized carbons (Fsp3) is 0.435. The number of Topliss-reactive ketones (excluding diaryl/α,β-unsaturated/α-hetero) is 1. The van der Waals surface area contributed by atoms with Gasteiger partial charge in [0, 0.05) is 44.4 Å². The first-order valence-electron chi connectivity index (χ1n) is 10.2. The number of ketones is 1. The van der Waals surface area contributed by atoms with Gasteiger partial charge in [-0.15, -0.1) is 0 Å². The summed E-state index contributed by atoms with van der Waals surface area (Å²) < 4.78 is 4.89. The lowest BCUT2D eigenvalue weighted by molar-refractivity contribution is -0.147. The molecule has 1 aromatic heterocycles. The summed E-state index contributed by atoms with van der Waals surface area (Å²) in [5.74, 6) is 0.583. The van der Waals surface area contributed by atoms with E-state index < -0.39 is 0 Å². The smallest absolute Gasteiger partial charge is 0.306 e. The number of hydrogen-bond donors (Lipinski definition) is 0. The third kappa shape index (κ3) is 6.39. The van der Waals surface area contributed by atoms with Gasteiger partial charge in [0.2, 0.25) is 0 Å². The second kappa shape index (κ2) is 10.2. The van der Waals surface area contributed by atoms with Gasteiger partial charge < -0.3 is 9.64 Å². The number of aryl methyl sites for hydroxylation is 1. The molecule has 1 aliphatic rings. The van der Waals surface area contributed by atoms with Gasteiger partial charge in [-0.2, -0.15) is 0 Å². The summed E-state index contributed by atoms with van der Waals surface area (Å²) in [6, 6.07) is 12.7. The van der Waals surface area contributed by atoms with E-state index in [1.165, 1.54) is 18.1 Å². The molecule has 0 aliphatic carbocycles. The number of piperazine rings is 1. The molecule has 0 bridgehead atoms. The highest BCUT2D eigenvalue weighted by Gasteiger charge is 2.18. The molecule has 1 saturated heterocycles. The van der Waals surface area contributed by atoms with Crippen LogP contribution >= 0.6 is 0 Å². The molecule has 6 heteroatoms. The number of esters is 1. The molecule has 2 heterocycles. The van der Waals surface area contributed by atoms with Crippen molar-refractivity contribution >= 4 is 17.6 Å². The Bertz CT molecular complexity index is 810. The molecule has 1 aliphatic heterocycles. The van der Waals surface area contributed by atoms with Crippen LogP contribution in [0.15, 0.2) is 42.6 Å². The van der Waals surface area contributed by atoms with Crippen LogP contribution in [0.5, 0.6) is 0 Å². The highest BCUT2D eigenvalue weighted by Crippen LogP contribution is 2.22. The van der Waals surface area contributed by atoms with Gasteiger partial charge in [-0.25, -0.2) is 4.98 Å². The molecule has 0 N–H and O–H groups in total. The summed E-state index contributed by atoms with van der Waals surface area (Å²) in [6.45, 7) is 7.99. The first-order chi connectivity index (χ1) is 14.0. The van der Waals surface area contributed by atoms with Crippen molar-refractivity contribution in [3.63, 3.8) is 0 Å². The fourth-order valence-corrected chi connectivity index (χ4v) is 3.39. The van der Waals surface area contributed by atoms with Crippen molar-refractivity contribution in [3.8, 4) is 11.1 Å². The van der Waals surface area contributed by atoms with Gasteiger partial charge >= 0.3 is 5.97 Å². The highest BCUT2D eigenvalue weighted by molar-refractivity contribution is 5.80. The van der Waals surface area contributed by atoms with Crippen molar-refractivity contribution in [2.75, 3.05) is 44.2 Å². The second-order valence-corrected chi connectivity index (χ2v) is 7.57. The highest BCUT2D eigenvalue weighted by atomic mass is 16.5. The average molecular weight is 396 g/mol. The third-order valence-corrected chi connectivity index (χ3v) is 5.12. The fourth-order valence-electron chi connectivity index (χ4n) is 3.39. The van der Waals surface area contributed by atoms with Crippen molar-refractivity contribution in [1.29, 1.82) is 0 Å². The van der Waals surface area contributed by atoms with E-state index in [1.54, 1.807) is 0 Å². The lowest BCUT2D eigenvalue weighted by Crippen LogP contribution is -2.47. The Balaban J connectivity index is 1.41. The van der Waals surface area contributed by atoms with E-state index in [2.05, 4.69) is 58.1 Å². The SMILES string of the molecule is CC(=O)COC(=O)CCCN1CCN(c2ccc(-c3ccc(C)cc3)cn2)CC1. The molecule has 2 aromatic rings. The van der Waals surface area contributed by atoms with Gasteiger partial charge in [-0.1, -0.05) is 29.8 Å². The second-order valence-electron chi connectivity index (χ2n) is 7.57. The number of rotatable bonds is 8. The van der Waals surface area contributed by atoms with Crippen LogP contribution in [0.25, 0.3) is 11.1 Å². The Labute approximate surface area is 172 Å². The van der Waals surface area contributed by atoms with Crippen molar-refractivity contribution in [3.05, 3.63) is 48.2 Å². The van der Waals surface area contributed by atoms with Gasteiger partial charge in [0.05, 0.1) is 0 Å². The number of ether oxygens (including phenoxy) is 1. The summed E-state index contributed by atoms with van der Waals surface area (Å²) in [5, 5.41) is 0. The maximum atomic E-state index is 11.6. The van der Waals surface area contributed by atoms with Crippen LogP contribution in [0.2, 0.25) is 0 Å². The molecular formula is C23H29N3O3. The maximum absolute atomic E-state index is 11.6. The molecule has 3 rings (SSSR count). The Morgan fingerprint density at radius 1 is 1.00 bits per heavy atom. The van der Waals surface area contributed by atoms with E-state index in [1.807, 2.05) is 6.20 Å². The molecule has 0 spiro atoms. The Kier molecular flexibility index (Phi) is 7.36. The molecule has 1 aromatic carbocycles. The standard InChI is InChI=1S/C23H29N3O3/c1-18-5-7-20(8-6-18)21-9-10-22(24-16-21)26-14-12-25(13-15-26)11-3-4-23(28)29-17-19(2)27/h5-10,16H,3-4,11-15,17H2,1-2H3. The van der Waals surface area contributed by atoms with Gasteiger partial charge in [0.1, 0.15) is 12.4 Å². The quantitative estimate of drug-likeness (QED) is 0.640. The van der Waals surface area contributed by atoms with Crippen LogP contribution in [-0.2, 0) is 14.3 Å². The summed E-state index contributed by atoms with van der Waals surface area (Å²) in [5.41, 5.74) is 3.56.